The Bertz CT molecular complexity index is 1670. The predicted octanol–water partition coefficient (Wildman–Crippen LogP) is 7.18. The van der Waals surface area contributed by atoms with E-state index in [2.05, 4.69) is 30.1 Å². The summed E-state index contributed by atoms with van der Waals surface area (Å²) in [5.74, 6) is 0.299. The van der Waals surface area contributed by atoms with Crippen LogP contribution in [0.1, 0.15) is 41.1 Å². The summed E-state index contributed by atoms with van der Waals surface area (Å²) in [5.41, 5.74) is 6.55. The van der Waals surface area contributed by atoms with Crippen molar-refractivity contribution in [2.24, 2.45) is 0 Å². The lowest BCUT2D eigenvalue weighted by molar-refractivity contribution is -0.0214. The third kappa shape index (κ3) is 4.75. The summed E-state index contributed by atoms with van der Waals surface area (Å²) in [5, 5.41) is 7.01. The monoisotopic (exact) mass is 521 g/mol. The molecule has 2 aromatic heterocycles. The number of fused-ring (bicyclic) bond motifs is 1. The maximum Gasteiger partial charge on any atom is 0.279 e. The van der Waals surface area contributed by atoms with Gasteiger partial charge < -0.3 is 4.74 Å². The minimum absolute atomic E-state index is 0.143. The summed E-state index contributed by atoms with van der Waals surface area (Å²) in [7, 11) is 0. The minimum Gasteiger partial charge on any atom is -0.373 e. The summed E-state index contributed by atoms with van der Waals surface area (Å²) in [6, 6.07) is 25.7. The third-order valence-corrected chi connectivity index (χ3v) is 7.73. The van der Waals surface area contributed by atoms with Crippen LogP contribution in [-0.4, -0.2) is 20.9 Å². The number of aromatic nitrogens is 3. The second-order valence-corrected chi connectivity index (χ2v) is 10.5. The second kappa shape index (κ2) is 10.2. The Morgan fingerprint density at radius 2 is 1.63 bits per heavy atom. The Hall–Kier alpha value is -3.80. The van der Waals surface area contributed by atoms with Crippen LogP contribution in [-0.2, 0) is 11.3 Å². The smallest absolute Gasteiger partial charge is 0.279 e. The molecule has 0 saturated heterocycles. The molecule has 1 fully saturated rings. The van der Waals surface area contributed by atoms with E-state index >= 15 is 0 Å². The highest BCUT2D eigenvalue weighted by Gasteiger charge is 2.32. The molecule has 190 valence electrons. The van der Waals surface area contributed by atoms with E-state index < -0.39 is 0 Å². The third-order valence-electron chi connectivity index (χ3n) is 7.48. The van der Waals surface area contributed by atoms with Crippen LogP contribution in [0, 0.1) is 13.8 Å². The molecule has 6 heteroatoms. The first-order chi connectivity index (χ1) is 18.5. The molecule has 0 bridgehead atoms. The van der Waals surface area contributed by atoms with Gasteiger partial charge in [-0.2, -0.15) is 9.78 Å². The Morgan fingerprint density at radius 1 is 0.921 bits per heavy atom. The van der Waals surface area contributed by atoms with Crippen molar-refractivity contribution in [1.29, 1.82) is 0 Å². The zero-order valence-corrected chi connectivity index (χ0v) is 22.2. The molecule has 0 atom stereocenters. The van der Waals surface area contributed by atoms with E-state index in [1.165, 1.54) is 10.2 Å². The number of halogens is 1. The zero-order chi connectivity index (χ0) is 26.2. The van der Waals surface area contributed by atoms with Crippen LogP contribution in [0.5, 0.6) is 0 Å². The molecular weight excluding hydrogens is 494 g/mol. The van der Waals surface area contributed by atoms with E-state index in [1.54, 1.807) is 6.20 Å². The van der Waals surface area contributed by atoms with Crippen molar-refractivity contribution in [2.75, 3.05) is 0 Å². The average molecular weight is 522 g/mol. The van der Waals surface area contributed by atoms with Crippen LogP contribution in [0.2, 0.25) is 5.02 Å². The topological polar surface area (TPSA) is 57.0 Å². The molecule has 0 amide bonds. The summed E-state index contributed by atoms with van der Waals surface area (Å²) >= 11 is 6.15. The largest absolute Gasteiger partial charge is 0.373 e. The number of benzene rings is 3. The second-order valence-electron chi connectivity index (χ2n) is 10.1. The molecule has 0 aliphatic heterocycles. The Labute approximate surface area is 226 Å². The molecule has 0 radical (unpaired) electrons. The van der Waals surface area contributed by atoms with Gasteiger partial charge in [0, 0.05) is 33.8 Å². The van der Waals surface area contributed by atoms with Crippen molar-refractivity contribution in [2.45, 2.75) is 45.3 Å². The highest BCUT2D eigenvalue weighted by atomic mass is 35.5. The number of aryl methyl sites for hydroxylation is 2. The molecular formula is C32H28ClN3O2. The molecule has 1 saturated carbocycles. The Balaban J connectivity index is 1.32. The van der Waals surface area contributed by atoms with Crippen molar-refractivity contribution >= 4 is 22.4 Å². The zero-order valence-electron chi connectivity index (χ0n) is 21.4. The van der Waals surface area contributed by atoms with Gasteiger partial charge in [0.15, 0.2) is 0 Å². The average Bonchev–Trinajstić information content (AvgIpc) is 2.91. The van der Waals surface area contributed by atoms with Crippen LogP contribution in [0.4, 0.5) is 0 Å². The lowest BCUT2D eigenvalue weighted by atomic mass is 9.79. The number of ether oxygens (including phenoxy) is 1. The molecule has 0 unspecified atom stereocenters. The standard InChI is InChI=1S/C32H28ClN3O2/c1-20-14-28-29(15-21(20)2)32(37)36(35-31(28)23-8-10-25(33)11-9-23)26-12-13-34-30(18-26)24-16-27(17-24)38-19-22-6-4-3-5-7-22/h3-15,18,24,27H,16-17,19H2,1-2H3. The number of nitrogens with zero attached hydrogens (tertiary/aromatic N) is 3. The van der Waals surface area contributed by atoms with E-state index in [0.29, 0.717) is 28.6 Å². The Kier molecular flexibility index (Phi) is 6.56. The van der Waals surface area contributed by atoms with E-state index in [4.69, 9.17) is 21.4 Å². The van der Waals surface area contributed by atoms with Gasteiger partial charge >= 0.3 is 0 Å². The van der Waals surface area contributed by atoms with E-state index in [-0.39, 0.29) is 11.7 Å². The van der Waals surface area contributed by atoms with Crippen LogP contribution in [0.15, 0.2) is 89.9 Å². The van der Waals surface area contributed by atoms with Crippen LogP contribution >= 0.6 is 11.6 Å². The molecule has 0 spiro atoms. The van der Waals surface area contributed by atoms with Gasteiger partial charge in [0.1, 0.15) is 0 Å². The molecule has 1 aliphatic rings. The molecule has 5 aromatic rings. The fraction of sp³-hybridized carbons (Fsp3) is 0.219. The lowest BCUT2D eigenvalue weighted by Crippen LogP contribution is -2.30. The maximum atomic E-state index is 13.7. The van der Waals surface area contributed by atoms with Gasteiger partial charge in [0.25, 0.3) is 5.56 Å². The minimum atomic E-state index is -0.143. The fourth-order valence-electron chi connectivity index (χ4n) is 5.02. The first kappa shape index (κ1) is 24.5. The maximum absolute atomic E-state index is 13.7. The number of rotatable bonds is 6. The van der Waals surface area contributed by atoms with Crippen LogP contribution in [0.3, 0.4) is 0 Å². The molecule has 1 aliphatic carbocycles. The van der Waals surface area contributed by atoms with Gasteiger partial charge in [-0.05, 0) is 79.8 Å². The molecule has 3 aromatic carbocycles. The normalized spacial score (nSPS) is 16.9. The van der Waals surface area contributed by atoms with Crippen molar-refractivity contribution in [3.63, 3.8) is 0 Å². The van der Waals surface area contributed by atoms with E-state index in [9.17, 15) is 4.79 Å². The summed E-state index contributed by atoms with van der Waals surface area (Å²) < 4.78 is 7.60. The van der Waals surface area contributed by atoms with Gasteiger partial charge in [-0.1, -0.05) is 54.1 Å². The lowest BCUT2D eigenvalue weighted by Gasteiger charge is -2.34. The van der Waals surface area contributed by atoms with Crippen molar-refractivity contribution in [1.82, 2.24) is 14.8 Å². The van der Waals surface area contributed by atoms with Gasteiger partial charge in [-0.15, -0.1) is 0 Å². The van der Waals surface area contributed by atoms with Crippen molar-refractivity contribution in [3.05, 3.63) is 123 Å². The predicted molar refractivity (Wildman–Crippen MR) is 152 cm³/mol. The fourth-order valence-corrected chi connectivity index (χ4v) is 5.15. The number of hydrogen-bond donors (Lipinski definition) is 0. The van der Waals surface area contributed by atoms with Crippen molar-refractivity contribution in [3.8, 4) is 16.9 Å². The quantitative estimate of drug-likeness (QED) is 0.237. The number of pyridine rings is 1. The molecule has 6 rings (SSSR count). The molecule has 0 N–H and O–H groups in total. The molecule has 5 nitrogen and oxygen atoms in total. The van der Waals surface area contributed by atoms with Crippen molar-refractivity contribution < 1.29 is 4.74 Å². The summed E-state index contributed by atoms with van der Waals surface area (Å²) in [6.45, 7) is 4.70. The SMILES string of the molecule is Cc1cc2c(-c3ccc(Cl)cc3)nn(-c3ccnc(C4CC(OCc5ccccc5)C4)c3)c(=O)c2cc1C. The number of hydrogen-bond acceptors (Lipinski definition) is 4. The van der Waals surface area contributed by atoms with Gasteiger partial charge in [-0.25, -0.2) is 0 Å². The van der Waals surface area contributed by atoms with Crippen LogP contribution < -0.4 is 5.56 Å². The van der Waals surface area contributed by atoms with E-state index in [0.717, 1.165) is 46.3 Å². The Morgan fingerprint density at radius 3 is 2.37 bits per heavy atom. The summed E-state index contributed by atoms with van der Waals surface area (Å²) in [6.07, 6.45) is 3.81. The van der Waals surface area contributed by atoms with Gasteiger partial charge in [0.05, 0.1) is 29.5 Å². The highest BCUT2D eigenvalue weighted by Crippen LogP contribution is 2.38. The van der Waals surface area contributed by atoms with E-state index in [1.807, 2.05) is 67.6 Å². The molecule has 2 heterocycles. The first-order valence-corrected chi connectivity index (χ1v) is 13.3. The van der Waals surface area contributed by atoms with Gasteiger partial charge in [0.2, 0.25) is 0 Å². The highest BCUT2D eigenvalue weighted by molar-refractivity contribution is 6.30. The summed E-state index contributed by atoms with van der Waals surface area (Å²) in [4.78, 5) is 18.3. The molecule has 38 heavy (non-hydrogen) atoms. The first-order valence-electron chi connectivity index (χ1n) is 12.9. The van der Waals surface area contributed by atoms with Gasteiger partial charge in [-0.3, -0.25) is 9.78 Å². The van der Waals surface area contributed by atoms with Crippen LogP contribution in [0.25, 0.3) is 27.7 Å².